The van der Waals surface area contributed by atoms with E-state index in [1.165, 1.54) is 18.2 Å². The molecule has 4 heteroatoms. The zero-order valence-corrected chi connectivity index (χ0v) is 12.3. The van der Waals surface area contributed by atoms with Crippen LogP contribution < -0.4 is 0 Å². The lowest BCUT2D eigenvalue weighted by molar-refractivity contribution is 0.225. The zero-order chi connectivity index (χ0) is 14.5. The van der Waals surface area contributed by atoms with Gasteiger partial charge in [0.2, 0.25) is 0 Å². The predicted molar refractivity (Wildman–Crippen MR) is 80.8 cm³/mol. The van der Waals surface area contributed by atoms with Crippen molar-refractivity contribution >= 4 is 23.2 Å². The number of hydrogen-bond donors (Lipinski definition) is 1. The van der Waals surface area contributed by atoms with Crippen molar-refractivity contribution in [2.45, 2.75) is 12.8 Å². The topological polar surface area (TPSA) is 20.2 Å². The second kappa shape index (κ2) is 7.07. The monoisotopic (exact) mass is 312 g/mol. The number of rotatable bonds is 5. The molecular weight excluding hydrogens is 298 g/mol. The number of hydrogen-bond acceptors (Lipinski definition) is 1. The van der Waals surface area contributed by atoms with Gasteiger partial charge in [0.1, 0.15) is 5.82 Å². The standard InChI is InChI=1S/C16H15Cl2FO/c17-15-4-2-1-3-12(15)7-11(10-20)8-13-9-14(19)5-6-16(13)18/h1-6,9,11,20H,7-8,10H2. The zero-order valence-electron chi connectivity index (χ0n) is 10.8. The van der Waals surface area contributed by atoms with Crippen molar-refractivity contribution in [2.75, 3.05) is 6.61 Å². The minimum Gasteiger partial charge on any atom is -0.396 e. The summed E-state index contributed by atoms with van der Waals surface area (Å²) in [7, 11) is 0. The van der Waals surface area contributed by atoms with Crippen LogP contribution in [-0.2, 0) is 12.8 Å². The third-order valence-corrected chi connectivity index (χ3v) is 3.98. The second-order valence-corrected chi connectivity index (χ2v) is 5.60. The van der Waals surface area contributed by atoms with Crippen molar-refractivity contribution in [3.05, 3.63) is 69.5 Å². The minimum atomic E-state index is -0.321. The van der Waals surface area contributed by atoms with Crippen LogP contribution >= 0.6 is 23.2 Å². The maximum Gasteiger partial charge on any atom is 0.123 e. The van der Waals surface area contributed by atoms with Crippen molar-refractivity contribution in [1.82, 2.24) is 0 Å². The van der Waals surface area contributed by atoms with E-state index < -0.39 is 0 Å². The Labute approximate surface area is 128 Å². The van der Waals surface area contributed by atoms with E-state index in [2.05, 4.69) is 0 Å². The molecule has 0 aliphatic heterocycles. The average molecular weight is 313 g/mol. The Morgan fingerprint density at radius 1 is 0.950 bits per heavy atom. The number of aliphatic hydroxyl groups excluding tert-OH is 1. The van der Waals surface area contributed by atoms with Gasteiger partial charge in [0.25, 0.3) is 0 Å². The second-order valence-electron chi connectivity index (χ2n) is 4.78. The van der Waals surface area contributed by atoms with Gasteiger partial charge in [-0.25, -0.2) is 4.39 Å². The van der Waals surface area contributed by atoms with Crippen molar-refractivity contribution in [3.8, 4) is 0 Å². The Hall–Kier alpha value is -1.09. The summed E-state index contributed by atoms with van der Waals surface area (Å²) in [6.07, 6.45) is 1.14. The van der Waals surface area contributed by atoms with E-state index in [0.717, 1.165) is 5.56 Å². The molecule has 0 aromatic heterocycles. The summed E-state index contributed by atoms with van der Waals surface area (Å²) in [6, 6.07) is 11.8. The van der Waals surface area contributed by atoms with Crippen LogP contribution in [0.5, 0.6) is 0 Å². The Kier molecular flexibility index (Phi) is 5.41. The van der Waals surface area contributed by atoms with E-state index in [1.807, 2.05) is 24.3 Å². The third kappa shape index (κ3) is 3.95. The first-order valence-corrected chi connectivity index (χ1v) is 7.14. The van der Waals surface area contributed by atoms with Crippen LogP contribution in [0.15, 0.2) is 42.5 Å². The highest BCUT2D eigenvalue weighted by Gasteiger charge is 2.14. The minimum absolute atomic E-state index is 0.00192. The summed E-state index contributed by atoms with van der Waals surface area (Å²) in [5.41, 5.74) is 1.68. The molecule has 2 rings (SSSR count). The van der Waals surface area contributed by atoms with Gasteiger partial charge in [-0.05, 0) is 54.2 Å². The Bertz CT molecular complexity index is 586. The third-order valence-electron chi connectivity index (χ3n) is 3.24. The summed E-state index contributed by atoms with van der Waals surface area (Å²) < 4.78 is 13.3. The van der Waals surface area contributed by atoms with E-state index in [0.29, 0.717) is 28.5 Å². The lowest BCUT2D eigenvalue weighted by Crippen LogP contribution is -2.13. The predicted octanol–water partition coefficient (Wildman–Crippen LogP) is 4.53. The molecule has 2 aromatic carbocycles. The fourth-order valence-corrected chi connectivity index (χ4v) is 2.59. The van der Waals surface area contributed by atoms with Gasteiger partial charge in [-0.15, -0.1) is 0 Å². The molecule has 0 radical (unpaired) electrons. The Balaban J connectivity index is 2.13. The van der Waals surface area contributed by atoms with Crippen molar-refractivity contribution < 1.29 is 9.50 Å². The van der Waals surface area contributed by atoms with Gasteiger partial charge in [0.15, 0.2) is 0 Å². The van der Waals surface area contributed by atoms with Crippen LogP contribution in [0.2, 0.25) is 10.0 Å². The molecule has 0 saturated carbocycles. The first-order valence-electron chi connectivity index (χ1n) is 6.38. The molecule has 0 bridgehead atoms. The molecule has 106 valence electrons. The van der Waals surface area contributed by atoms with Crippen molar-refractivity contribution in [1.29, 1.82) is 0 Å². The molecule has 20 heavy (non-hydrogen) atoms. The number of halogens is 3. The maximum absolute atomic E-state index is 13.3. The summed E-state index contributed by atoms with van der Waals surface area (Å²) in [5, 5.41) is 10.7. The van der Waals surface area contributed by atoms with E-state index in [4.69, 9.17) is 23.2 Å². The van der Waals surface area contributed by atoms with Crippen LogP contribution in [-0.4, -0.2) is 11.7 Å². The highest BCUT2D eigenvalue weighted by Crippen LogP contribution is 2.24. The largest absolute Gasteiger partial charge is 0.396 e. The first kappa shape index (κ1) is 15.3. The fraction of sp³-hybridized carbons (Fsp3) is 0.250. The maximum atomic E-state index is 13.3. The van der Waals surface area contributed by atoms with Gasteiger partial charge in [-0.1, -0.05) is 41.4 Å². The normalized spacial score (nSPS) is 12.4. The van der Waals surface area contributed by atoms with Crippen LogP contribution in [0.3, 0.4) is 0 Å². The Morgan fingerprint density at radius 2 is 1.60 bits per heavy atom. The van der Waals surface area contributed by atoms with Crippen LogP contribution in [0.1, 0.15) is 11.1 Å². The van der Waals surface area contributed by atoms with E-state index in [-0.39, 0.29) is 18.3 Å². The van der Waals surface area contributed by atoms with E-state index in [1.54, 1.807) is 0 Å². The molecule has 0 aliphatic rings. The quantitative estimate of drug-likeness (QED) is 0.860. The van der Waals surface area contributed by atoms with Crippen LogP contribution in [0.4, 0.5) is 4.39 Å². The Morgan fingerprint density at radius 3 is 2.30 bits per heavy atom. The fourth-order valence-electron chi connectivity index (χ4n) is 2.19. The molecule has 1 unspecified atom stereocenters. The van der Waals surface area contributed by atoms with Gasteiger partial charge in [-0.2, -0.15) is 0 Å². The van der Waals surface area contributed by atoms with Gasteiger partial charge >= 0.3 is 0 Å². The summed E-state index contributed by atoms with van der Waals surface area (Å²) in [6.45, 7) is -0.00192. The summed E-state index contributed by atoms with van der Waals surface area (Å²) >= 11 is 12.2. The summed E-state index contributed by atoms with van der Waals surface area (Å²) in [4.78, 5) is 0. The number of benzene rings is 2. The van der Waals surface area contributed by atoms with Crippen LogP contribution in [0, 0.1) is 11.7 Å². The van der Waals surface area contributed by atoms with E-state index in [9.17, 15) is 9.50 Å². The molecule has 1 atom stereocenters. The molecule has 0 fully saturated rings. The van der Waals surface area contributed by atoms with Gasteiger partial charge < -0.3 is 5.11 Å². The van der Waals surface area contributed by atoms with Gasteiger partial charge in [-0.3, -0.25) is 0 Å². The molecular formula is C16H15Cl2FO. The molecule has 0 aliphatic carbocycles. The van der Waals surface area contributed by atoms with Gasteiger partial charge in [0.05, 0.1) is 0 Å². The molecule has 0 spiro atoms. The lowest BCUT2D eigenvalue weighted by atomic mass is 9.93. The molecule has 0 heterocycles. The first-order chi connectivity index (χ1) is 9.60. The highest BCUT2D eigenvalue weighted by molar-refractivity contribution is 6.31. The lowest BCUT2D eigenvalue weighted by Gasteiger charge is -2.16. The molecule has 0 saturated heterocycles. The highest BCUT2D eigenvalue weighted by atomic mass is 35.5. The van der Waals surface area contributed by atoms with Gasteiger partial charge in [0, 0.05) is 16.7 Å². The van der Waals surface area contributed by atoms with Crippen molar-refractivity contribution in [2.24, 2.45) is 5.92 Å². The summed E-state index contributed by atoms with van der Waals surface area (Å²) in [5.74, 6) is -0.368. The smallest absolute Gasteiger partial charge is 0.123 e. The van der Waals surface area contributed by atoms with Crippen LogP contribution in [0.25, 0.3) is 0 Å². The SMILES string of the molecule is OCC(Cc1ccccc1Cl)Cc1cc(F)ccc1Cl. The molecule has 1 N–H and O–H groups in total. The molecule has 0 amide bonds. The molecule has 1 nitrogen and oxygen atoms in total. The average Bonchev–Trinajstić information content (AvgIpc) is 2.44. The molecule has 2 aromatic rings. The number of aliphatic hydroxyl groups is 1. The van der Waals surface area contributed by atoms with Crippen molar-refractivity contribution in [3.63, 3.8) is 0 Å². The van der Waals surface area contributed by atoms with E-state index >= 15 is 0 Å².